The van der Waals surface area contributed by atoms with Crippen molar-refractivity contribution in [2.24, 2.45) is 0 Å². The van der Waals surface area contributed by atoms with Crippen molar-refractivity contribution in [3.05, 3.63) is 89.7 Å². The summed E-state index contributed by atoms with van der Waals surface area (Å²) in [6.07, 6.45) is 1.61. The maximum absolute atomic E-state index is 13.9. The minimum atomic E-state index is -0.798. The van der Waals surface area contributed by atoms with Gasteiger partial charge < -0.3 is 45.4 Å². The summed E-state index contributed by atoms with van der Waals surface area (Å²) in [5, 5.41) is 10.9. The van der Waals surface area contributed by atoms with E-state index in [1.165, 1.54) is 36.2 Å². The minimum absolute atomic E-state index is 0.314. The quantitative estimate of drug-likeness (QED) is 0.162. The van der Waals surface area contributed by atoms with Gasteiger partial charge in [0.2, 0.25) is 23.6 Å². The highest BCUT2D eigenvalue weighted by Gasteiger charge is 2.38. The molecule has 2 aliphatic rings. The molecule has 0 saturated carbocycles. The van der Waals surface area contributed by atoms with Crippen molar-refractivity contribution in [1.82, 2.24) is 20.4 Å². The second-order valence-electron chi connectivity index (χ2n) is 14.3. The number of nitrogens with zero attached hydrogens (tertiary/aromatic N) is 3. The van der Waals surface area contributed by atoms with Crippen molar-refractivity contribution in [1.29, 1.82) is 0 Å². The Bertz CT molecular complexity index is 1800. The zero-order valence-electron chi connectivity index (χ0n) is 33.3. The fourth-order valence-corrected chi connectivity index (χ4v) is 7.25. The molecule has 0 bridgehead atoms. The predicted molar refractivity (Wildman–Crippen MR) is 215 cm³/mol. The van der Waals surface area contributed by atoms with Gasteiger partial charge in [-0.05, 0) is 98.2 Å². The van der Waals surface area contributed by atoms with Crippen molar-refractivity contribution >= 4 is 52.9 Å². The number of rotatable bonds is 15. The summed E-state index contributed by atoms with van der Waals surface area (Å²) in [4.78, 5) is 81.8. The molecule has 2 saturated heterocycles. The number of carbonyl (C=O) groups excluding carboxylic acids is 6. The summed E-state index contributed by atoms with van der Waals surface area (Å²) in [5.74, 6) is -1.65. The van der Waals surface area contributed by atoms with Crippen molar-refractivity contribution in [3.63, 3.8) is 0 Å². The summed E-state index contributed by atoms with van der Waals surface area (Å²) in [5.41, 5.74) is 3.75. The largest absolute Gasteiger partial charge is 0.453 e. The second kappa shape index (κ2) is 20.3. The molecular formula is C42H52FN7O8. The van der Waals surface area contributed by atoms with Gasteiger partial charge in [0.05, 0.1) is 14.2 Å². The van der Waals surface area contributed by atoms with Crippen LogP contribution in [0.2, 0.25) is 0 Å². The number of amides is 6. The van der Waals surface area contributed by atoms with Crippen LogP contribution in [0.5, 0.6) is 0 Å². The molecule has 2 unspecified atom stereocenters. The van der Waals surface area contributed by atoms with Gasteiger partial charge in [0.1, 0.15) is 30.0 Å². The molecular weight excluding hydrogens is 750 g/mol. The molecule has 6 amide bonds. The van der Waals surface area contributed by atoms with Crippen molar-refractivity contribution in [2.75, 3.05) is 42.8 Å². The number of nitrogens with one attached hydrogen (secondary N) is 4. The van der Waals surface area contributed by atoms with E-state index in [9.17, 15) is 33.2 Å². The van der Waals surface area contributed by atoms with Gasteiger partial charge >= 0.3 is 12.2 Å². The zero-order valence-corrected chi connectivity index (χ0v) is 33.3. The lowest BCUT2D eigenvalue weighted by molar-refractivity contribution is -0.138. The molecule has 4 atom stereocenters. The SMILES string of the molecule is CCC(NC(=O)OC)C(=O)N1CCC[C@H]1C(=O)Nc1ccc(CN(Cc2ccc(NC(=O)C3CCCN3C(=O)[C@H](CC)NC(=O)OC)cc2)c2ccc(F)cc2)cc1. The third kappa shape index (κ3) is 11.0. The number of anilines is 3. The lowest BCUT2D eigenvalue weighted by Gasteiger charge is -2.28. The molecule has 310 valence electrons. The number of hydrogen-bond acceptors (Lipinski definition) is 9. The van der Waals surface area contributed by atoms with E-state index in [0.29, 0.717) is 76.1 Å². The van der Waals surface area contributed by atoms with Crippen LogP contribution in [-0.2, 0) is 41.7 Å². The summed E-state index contributed by atoms with van der Waals surface area (Å²) in [6.45, 7) is 5.26. The van der Waals surface area contributed by atoms with Gasteiger partial charge in [0.25, 0.3) is 0 Å². The first-order valence-corrected chi connectivity index (χ1v) is 19.5. The molecule has 2 aliphatic heterocycles. The van der Waals surface area contributed by atoms with Crippen LogP contribution in [0.1, 0.15) is 63.5 Å². The maximum Gasteiger partial charge on any atom is 0.407 e. The first-order valence-electron chi connectivity index (χ1n) is 19.5. The first-order chi connectivity index (χ1) is 27.9. The first kappa shape index (κ1) is 42.9. The van der Waals surface area contributed by atoms with Crippen LogP contribution in [-0.4, -0.2) is 97.1 Å². The molecule has 2 fully saturated rings. The monoisotopic (exact) mass is 801 g/mol. The summed E-state index contributed by atoms with van der Waals surface area (Å²) in [6, 6.07) is 18.0. The smallest absolute Gasteiger partial charge is 0.407 e. The van der Waals surface area contributed by atoms with Crippen LogP contribution in [0.3, 0.4) is 0 Å². The summed E-state index contributed by atoms with van der Waals surface area (Å²) >= 11 is 0. The van der Waals surface area contributed by atoms with E-state index in [0.717, 1.165) is 16.8 Å². The lowest BCUT2D eigenvalue weighted by Crippen LogP contribution is -2.52. The van der Waals surface area contributed by atoms with Crippen LogP contribution in [0.15, 0.2) is 72.8 Å². The number of ether oxygens (including phenoxy) is 2. The van der Waals surface area contributed by atoms with E-state index in [1.807, 2.05) is 24.3 Å². The van der Waals surface area contributed by atoms with Crippen LogP contribution in [0.25, 0.3) is 0 Å². The number of likely N-dealkylation sites (tertiary alicyclic amines) is 2. The minimum Gasteiger partial charge on any atom is -0.453 e. The molecule has 0 aromatic heterocycles. The Morgan fingerprint density at radius 1 is 0.655 bits per heavy atom. The summed E-state index contributed by atoms with van der Waals surface area (Å²) in [7, 11) is 2.45. The molecule has 58 heavy (non-hydrogen) atoms. The van der Waals surface area contributed by atoms with E-state index in [1.54, 1.807) is 50.2 Å². The Morgan fingerprint density at radius 3 is 1.41 bits per heavy atom. The zero-order chi connectivity index (χ0) is 41.8. The molecule has 4 N–H and O–H groups in total. The molecule has 3 aromatic rings. The Hall–Kier alpha value is -6.19. The van der Waals surface area contributed by atoms with Crippen LogP contribution in [0.4, 0.5) is 31.0 Å². The van der Waals surface area contributed by atoms with Crippen LogP contribution >= 0.6 is 0 Å². The van der Waals surface area contributed by atoms with E-state index >= 15 is 0 Å². The standard InChI is InChI=1S/C42H52FN7O8/c1-5-33(46-41(55)57-3)39(53)49-23-7-9-35(49)37(51)44-30-17-11-27(12-18-30)25-48(32-21-15-29(43)16-22-32)26-28-13-19-31(20-14-28)45-38(52)36-10-8-24-50(36)40(54)34(6-2)47-42(56)58-4/h11-22,33-36H,5-10,23-26H2,1-4H3,(H,44,51)(H,45,52)(H,46,55)(H,47,56)/t33-,34?,35?,36-/m0/s1. The molecule has 2 heterocycles. The second-order valence-corrected chi connectivity index (χ2v) is 14.3. The van der Waals surface area contributed by atoms with Crippen LogP contribution in [0, 0.1) is 5.82 Å². The average Bonchev–Trinajstić information content (AvgIpc) is 3.94. The lowest BCUT2D eigenvalue weighted by atomic mass is 10.1. The molecule has 16 heteroatoms. The highest BCUT2D eigenvalue weighted by molar-refractivity contribution is 5.99. The highest BCUT2D eigenvalue weighted by Crippen LogP contribution is 2.25. The summed E-state index contributed by atoms with van der Waals surface area (Å²) < 4.78 is 23.2. The van der Waals surface area contributed by atoms with Crippen molar-refractivity contribution in [3.8, 4) is 0 Å². The molecule has 0 spiro atoms. The fraction of sp³-hybridized carbons (Fsp3) is 0.429. The third-order valence-corrected chi connectivity index (χ3v) is 10.4. The van der Waals surface area contributed by atoms with Crippen LogP contribution < -0.4 is 26.2 Å². The average molecular weight is 802 g/mol. The third-order valence-electron chi connectivity index (χ3n) is 10.4. The topological polar surface area (TPSA) is 179 Å². The van der Waals surface area contributed by atoms with Crippen molar-refractivity contribution in [2.45, 2.75) is 89.6 Å². The molecule has 3 aromatic carbocycles. The van der Waals surface area contributed by atoms with Gasteiger partial charge in [0, 0.05) is 43.2 Å². The van der Waals surface area contributed by atoms with Gasteiger partial charge in [-0.1, -0.05) is 38.1 Å². The van der Waals surface area contributed by atoms with Crippen molar-refractivity contribution < 1.29 is 42.6 Å². The van der Waals surface area contributed by atoms with Gasteiger partial charge in [-0.2, -0.15) is 0 Å². The molecule has 0 aliphatic carbocycles. The van der Waals surface area contributed by atoms with E-state index in [2.05, 4.69) is 35.6 Å². The Kier molecular flexibility index (Phi) is 15.0. The van der Waals surface area contributed by atoms with Gasteiger partial charge in [-0.25, -0.2) is 14.0 Å². The Morgan fingerprint density at radius 2 is 1.05 bits per heavy atom. The number of carbonyl (C=O) groups is 6. The number of hydrogen-bond donors (Lipinski definition) is 4. The van der Waals surface area contributed by atoms with Gasteiger partial charge in [-0.3, -0.25) is 19.2 Å². The molecule has 15 nitrogen and oxygen atoms in total. The molecule has 0 radical (unpaired) electrons. The van der Waals surface area contributed by atoms with E-state index < -0.39 is 36.4 Å². The number of benzene rings is 3. The predicted octanol–water partition coefficient (Wildman–Crippen LogP) is 5.16. The highest BCUT2D eigenvalue weighted by atomic mass is 19.1. The van der Waals surface area contributed by atoms with Gasteiger partial charge in [0.15, 0.2) is 0 Å². The number of methoxy groups -OCH3 is 2. The normalized spacial score (nSPS) is 17.1. The van der Waals surface area contributed by atoms with E-state index in [-0.39, 0.29) is 29.4 Å². The number of halogens is 1. The fourth-order valence-electron chi connectivity index (χ4n) is 7.25. The number of alkyl carbamates (subject to hydrolysis) is 2. The van der Waals surface area contributed by atoms with E-state index in [4.69, 9.17) is 0 Å². The van der Waals surface area contributed by atoms with Gasteiger partial charge in [-0.15, -0.1) is 0 Å². The maximum atomic E-state index is 13.9. The molecule has 5 rings (SSSR count). The Balaban J connectivity index is 1.21. The Labute approximate surface area is 337 Å².